The van der Waals surface area contributed by atoms with Crippen molar-refractivity contribution < 1.29 is 23.9 Å². The molecule has 2 aliphatic heterocycles. The lowest BCUT2D eigenvalue weighted by Gasteiger charge is -2.21. The summed E-state index contributed by atoms with van der Waals surface area (Å²) in [6, 6.07) is 6.39. The molecule has 0 fully saturated rings. The highest BCUT2D eigenvalue weighted by Crippen LogP contribution is 2.36. The van der Waals surface area contributed by atoms with E-state index in [4.69, 9.17) is 14.6 Å². The molecule has 4 heterocycles. The lowest BCUT2D eigenvalue weighted by atomic mass is 9.99. The molecule has 0 saturated carbocycles. The van der Waals surface area contributed by atoms with Crippen LogP contribution in [0.25, 0.3) is 22.3 Å². The van der Waals surface area contributed by atoms with E-state index in [-0.39, 0.29) is 42.1 Å². The zero-order valence-electron chi connectivity index (χ0n) is 18.4. The lowest BCUT2D eigenvalue weighted by Crippen LogP contribution is -2.32. The summed E-state index contributed by atoms with van der Waals surface area (Å²) in [5.74, 6) is -1.16. The van der Waals surface area contributed by atoms with E-state index in [1.807, 2.05) is 26.8 Å². The van der Waals surface area contributed by atoms with E-state index >= 15 is 0 Å². The fourth-order valence-electron chi connectivity index (χ4n) is 4.16. The lowest BCUT2D eigenvalue weighted by molar-refractivity contribution is -0.157. The van der Waals surface area contributed by atoms with Crippen LogP contribution < -0.4 is 5.56 Å². The molecule has 8 nitrogen and oxygen atoms in total. The van der Waals surface area contributed by atoms with Crippen LogP contribution in [0.15, 0.2) is 34.2 Å². The maximum atomic E-state index is 14.7. The van der Waals surface area contributed by atoms with Gasteiger partial charge in [0.25, 0.3) is 5.56 Å². The van der Waals surface area contributed by atoms with Crippen LogP contribution in [-0.4, -0.2) is 32.4 Å². The number of aliphatic hydroxyl groups is 1. The summed E-state index contributed by atoms with van der Waals surface area (Å²) in [6.07, 6.45) is 0.223. The number of carbonyl (C=O) groups excluding carboxylic acids is 1. The molecular weight excluding hydrogens is 429 g/mol. The topological polar surface area (TPSA) is 103 Å². The number of rotatable bonds is 3. The monoisotopic (exact) mass is 451 g/mol. The first kappa shape index (κ1) is 21.3. The van der Waals surface area contributed by atoms with E-state index in [0.717, 1.165) is 5.56 Å². The highest BCUT2D eigenvalue weighted by molar-refractivity contribution is 5.89. The van der Waals surface area contributed by atoms with Gasteiger partial charge in [-0.2, -0.15) is 0 Å². The van der Waals surface area contributed by atoms with E-state index in [1.165, 1.54) is 16.8 Å². The number of hydrogen-bond acceptors (Lipinski definition) is 7. The molecule has 0 bridgehead atoms. The summed E-state index contributed by atoms with van der Waals surface area (Å²) < 4.78 is 21.1. The predicted molar refractivity (Wildman–Crippen MR) is 118 cm³/mol. The van der Waals surface area contributed by atoms with Crippen molar-refractivity contribution in [3.8, 4) is 11.4 Å². The number of carbonyl (C=O) groups is 1. The zero-order valence-corrected chi connectivity index (χ0v) is 18.4. The zero-order chi connectivity index (χ0) is 23.5. The molecule has 0 radical (unpaired) electrons. The van der Waals surface area contributed by atoms with Crippen molar-refractivity contribution >= 4 is 23.1 Å². The number of esters is 1. The molecule has 9 heteroatoms. The number of hydrogen-bond donors (Lipinski definition) is 1. The van der Waals surface area contributed by atoms with E-state index in [2.05, 4.69) is 5.16 Å². The largest absolute Gasteiger partial charge is 0.458 e. The molecule has 33 heavy (non-hydrogen) atoms. The standard InChI is InChI=1S/C24H22FN3O5/c1-24(2,3)33-26-7-6-13-14-8-12-10-28-19(20(12)27-18(14)5-4-17(13)25)9-15-16(22(28)30)11-32-23(31)21(15)29/h4-5,7-9,21,29H,6,10-11H2,1-3H3/b26-7+. The molecule has 1 unspecified atom stereocenters. The van der Waals surface area contributed by atoms with Gasteiger partial charge in [-0.3, -0.25) is 4.79 Å². The van der Waals surface area contributed by atoms with E-state index < -0.39 is 17.7 Å². The number of halogens is 1. The van der Waals surface area contributed by atoms with Gasteiger partial charge in [-0.15, -0.1) is 0 Å². The Morgan fingerprint density at radius 3 is 2.88 bits per heavy atom. The van der Waals surface area contributed by atoms with Crippen molar-refractivity contribution in [1.29, 1.82) is 0 Å². The molecule has 1 atom stereocenters. The maximum absolute atomic E-state index is 14.7. The number of benzene rings is 1. The molecule has 0 spiro atoms. The second-order valence-electron chi connectivity index (χ2n) is 9.15. The summed E-state index contributed by atoms with van der Waals surface area (Å²) in [5.41, 5.74) is 2.53. The normalized spacial score (nSPS) is 17.1. The summed E-state index contributed by atoms with van der Waals surface area (Å²) in [5, 5.41) is 14.8. The van der Waals surface area contributed by atoms with Gasteiger partial charge in [0.15, 0.2) is 6.10 Å². The van der Waals surface area contributed by atoms with Crippen LogP contribution in [0.2, 0.25) is 0 Å². The Bertz CT molecular complexity index is 1400. The Labute approximate surface area is 188 Å². The quantitative estimate of drug-likeness (QED) is 0.292. The fourth-order valence-corrected chi connectivity index (χ4v) is 4.16. The van der Waals surface area contributed by atoms with Crippen LogP contribution in [0.5, 0.6) is 0 Å². The molecule has 1 aromatic carbocycles. The molecule has 2 aromatic heterocycles. The summed E-state index contributed by atoms with van der Waals surface area (Å²) in [6.45, 7) is 5.68. The second kappa shape index (κ2) is 7.48. The Balaban J connectivity index is 1.59. The van der Waals surface area contributed by atoms with Crippen molar-refractivity contribution in [2.45, 2.75) is 52.0 Å². The third-order valence-corrected chi connectivity index (χ3v) is 5.71. The number of aromatic nitrogens is 2. The molecule has 170 valence electrons. The Kier molecular flexibility index (Phi) is 4.82. The van der Waals surface area contributed by atoms with Crippen molar-refractivity contribution in [2.24, 2.45) is 5.16 Å². The van der Waals surface area contributed by atoms with Gasteiger partial charge in [-0.25, -0.2) is 14.2 Å². The van der Waals surface area contributed by atoms with Crippen LogP contribution in [0, 0.1) is 5.82 Å². The minimum absolute atomic E-state index is 0.179. The predicted octanol–water partition coefficient (Wildman–Crippen LogP) is 3.00. The molecule has 0 saturated heterocycles. The molecule has 2 aliphatic rings. The third-order valence-electron chi connectivity index (χ3n) is 5.71. The Hall–Kier alpha value is -3.59. The van der Waals surface area contributed by atoms with Crippen LogP contribution in [0.1, 0.15) is 49.1 Å². The molecule has 3 aromatic rings. The second-order valence-corrected chi connectivity index (χ2v) is 9.15. The van der Waals surface area contributed by atoms with Crippen LogP contribution in [0.3, 0.4) is 0 Å². The van der Waals surface area contributed by atoms with Gasteiger partial charge >= 0.3 is 5.97 Å². The van der Waals surface area contributed by atoms with Gasteiger partial charge in [0.2, 0.25) is 0 Å². The number of pyridine rings is 2. The number of aliphatic hydroxyl groups excluding tert-OH is 1. The minimum atomic E-state index is -1.51. The molecule has 0 aliphatic carbocycles. The van der Waals surface area contributed by atoms with Crippen molar-refractivity contribution in [3.05, 3.63) is 62.7 Å². The summed E-state index contributed by atoms with van der Waals surface area (Å²) in [7, 11) is 0. The van der Waals surface area contributed by atoms with Gasteiger partial charge in [0, 0.05) is 34.7 Å². The fraction of sp³-hybridized carbons (Fsp3) is 0.333. The highest BCUT2D eigenvalue weighted by atomic mass is 19.1. The number of ether oxygens (including phenoxy) is 1. The highest BCUT2D eigenvalue weighted by Gasteiger charge is 2.33. The van der Waals surface area contributed by atoms with E-state index in [1.54, 1.807) is 12.1 Å². The van der Waals surface area contributed by atoms with Gasteiger partial charge in [-0.05, 0) is 45.0 Å². The van der Waals surface area contributed by atoms with Gasteiger partial charge < -0.3 is 19.2 Å². The summed E-state index contributed by atoms with van der Waals surface area (Å²) in [4.78, 5) is 34.8. The average Bonchev–Trinajstić information content (AvgIpc) is 3.11. The summed E-state index contributed by atoms with van der Waals surface area (Å²) >= 11 is 0. The SMILES string of the molecule is CC(C)(C)O/N=C/Cc1c(F)ccc2nc3c(cc12)Cn1c-3cc2c(c1=O)COC(=O)C2O. The van der Waals surface area contributed by atoms with Crippen molar-refractivity contribution in [2.75, 3.05) is 0 Å². The maximum Gasteiger partial charge on any atom is 0.340 e. The van der Waals surface area contributed by atoms with Gasteiger partial charge in [0.05, 0.1) is 29.0 Å². The van der Waals surface area contributed by atoms with E-state index in [9.17, 15) is 19.1 Å². The van der Waals surface area contributed by atoms with Crippen LogP contribution >= 0.6 is 0 Å². The smallest absolute Gasteiger partial charge is 0.340 e. The molecule has 1 N–H and O–H groups in total. The number of oxime groups is 1. The van der Waals surface area contributed by atoms with Crippen LogP contribution in [-0.2, 0) is 33.9 Å². The molecule has 0 amide bonds. The minimum Gasteiger partial charge on any atom is -0.458 e. The third kappa shape index (κ3) is 3.58. The van der Waals surface area contributed by atoms with Crippen molar-refractivity contribution in [3.63, 3.8) is 0 Å². The first-order chi connectivity index (χ1) is 15.6. The van der Waals surface area contributed by atoms with E-state index in [0.29, 0.717) is 27.9 Å². The Morgan fingerprint density at radius 2 is 2.12 bits per heavy atom. The number of cyclic esters (lactones) is 1. The van der Waals surface area contributed by atoms with Gasteiger partial charge in [0.1, 0.15) is 18.0 Å². The average molecular weight is 451 g/mol. The van der Waals surface area contributed by atoms with Crippen LogP contribution in [0.4, 0.5) is 4.39 Å². The number of fused-ring (bicyclic) bond motifs is 5. The first-order valence-electron chi connectivity index (χ1n) is 10.6. The molecule has 5 rings (SSSR count). The first-order valence-corrected chi connectivity index (χ1v) is 10.6. The molecular formula is C24H22FN3O5. The Morgan fingerprint density at radius 1 is 1.33 bits per heavy atom. The number of nitrogens with zero attached hydrogens (tertiary/aromatic N) is 3. The van der Waals surface area contributed by atoms with Gasteiger partial charge in [-0.1, -0.05) is 5.16 Å². The van der Waals surface area contributed by atoms with Crippen molar-refractivity contribution in [1.82, 2.24) is 9.55 Å².